The first kappa shape index (κ1) is 11.9. The Hall–Kier alpha value is -1.16. The number of aliphatic hydroxyl groups is 1. The molecule has 0 spiro atoms. The molecule has 0 saturated carbocycles. The Morgan fingerprint density at radius 2 is 1.87 bits per heavy atom. The molecule has 1 aromatic carbocycles. The third-order valence-electron chi connectivity index (χ3n) is 2.20. The molecule has 0 aliphatic heterocycles. The Balaban J connectivity index is 3.05. The zero-order valence-corrected chi connectivity index (χ0v) is 8.72. The maximum atomic E-state index is 13.0. The lowest BCUT2D eigenvalue weighted by Crippen LogP contribution is -2.20. The lowest BCUT2D eigenvalue weighted by Gasteiger charge is -2.22. The second kappa shape index (κ2) is 4.14. The van der Waals surface area contributed by atoms with E-state index in [4.69, 9.17) is 5.11 Å². The summed E-state index contributed by atoms with van der Waals surface area (Å²) in [6.07, 6.45) is 0.212. The number of rotatable bonds is 3. The first-order valence-corrected chi connectivity index (χ1v) is 4.63. The van der Waals surface area contributed by atoms with Crippen LogP contribution < -0.4 is 0 Å². The molecule has 0 radical (unpaired) electrons. The van der Waals surface area contributed by atoms with Crippen LogP contribution in [0.4, 0.5) is 8.78 Å². The third kappa shape index (κ3) is 2.89. The normalized spacial score (nSPS) is 11.8. The SMILES string of the molecule is CC(C)(CO)Cc1cc(F)cc(F)c1O. The molecular weight excluding hydrogens is 202 g/mol. The fraction of sp³-hybridized carbons (Fsp3) is 0.455. The van der Waals surface area contributed by atoms with Crippen LogP contribution in [0.2, 0.25) is 0 Å². The van der Waals surface area contributed by atoms with Crippen molar-refractivity contribution in [3.05, 3.63) is 29.3 Å². The monoisotopic (exact) mass is 216 g/mol. The van der Waals surface area contributed by atoms with Gasteiger partial charge in [0.05, 0.1) is 0 Å². The van der Waals surface area contributed by atoms with Crippen LogP contribution in [0.1, 0.15) is 19.4 Å². The van der Waals surface area contributed by atoms with Gasteiger partial charge in [-0.25, -0.2) is 8.78 Å². The Labute approximate surface area is 87.2 Å². The van der Waals surface area contributed by atoms with Gasteiger partial charge in [0.25, 0.3) is 0 Å². The van der Waals surface area contributed by atoms with E-state index in [-0.39, 0.29) is 18.6 Å². The van der Waals surface area contributed by atoms with Gasteiger partial charge in [0.2, 0.25) is 0 Å². The smallest absolute Gasteiger partial charge is 0.168 e. The number of halogens is 2. The summed E-state index contributed by atoms with van der Waals surface area (Å²) in [6.45, 7) is 3.37. The predicted molar refractivity (Wildman–Crippen MR) is 52.6 cm³/mol. The van der Waals surface area contributed by atoms with Crippen molar-refractivity contribution >= 4 is 0 Å². The first-order chi connectivity index (χ1) is 6.85. The highest BCUT2D eigenvalue weighted by Gasteiger charge is 2.21. The van der Waals surface area contributed by atoms with Crippen LogP contribution in [0, 0.1) is 17.0 Å². The molecule has 2 nitrogen and oxygen atoms in total. The maximum absolute atomic E-state index is 13.0. The summed E-state index contributed by atoms with van der Waals surface area (Å²) in [5, 5.41) is 18.4. The number of benzene rings is 1. The van der Waals surface area contributed by atoms with E-state index in [0.29, 0.717) is 6.07 Å². The zero-order valence-electron chi connectivity index (χ0n) is 8.72. The summed E-state index contributed by atoms with van der Waals surface area (Å²) in [6, 6.07) is 1.71. The van der Waals surface area contributed by atoms with Gasteiger partial charge < -0.3 is 10.2 Å². The third-order valence-corrected chi connectivity index (χ3v) is 2.20. The average Bonchev–Trinajstić information content (AvgIpc) is 2.13. The van der Waals surface area contributed by atoms with E-state index in [2.05, 4.69) is 0 Å². The molecule has 1 aromatic rings. The quantitative estimate of drug-likeness (QED) is 0.813. The molecule has 0 fully saturated rings. The van der Waals surface area contributed by atoms with E-state index < -0.39 is 22.8 Å². The lowest BCUT2D eigenvalue weighted by molar-refractivity contribution is 0.158. The molecule has 0 aliphatic rings. The summed E-state index contributed by atoms with van der Waals surface area (Å²) < 4.78 is 25.8. The Morgan fingerprint density at radius 1 is 1.27 bits per heavy atom. The summed E-state index contributed by atoms with van der Waals surface area (Å²) >= 11 is 0. The number of aromatic hydroxyl groups is 1. The van der Waals surface area contributed by atoms with Gasteiger partial charge in [-0.15, -0.1) is 0 Å². The van der Waals surface area contributed by atoms with Gasteiger partial charge in [-0.05, 0) is 17.9 Å². The highest BCUT2D eigenvalue weighted by Crippen LogP contribution is 2.29. The molecule has 0 bridgehead atoms. The molecule has 0 aromatic heterocycles. The second-order valence-corrected chi connectivity index (χ2v) is 4.39. The highest BCUT2D eigenvalue weighted by molar-refractivity contribution is 5.35. The van der Waals surface area contributed by atoms with Crippen molar-refractivity contribution in [3.63, 3.8) is 0 Å². The van der Waals surface area contributed by atoms with E-state index in [9.17, 15) is 13.9 Å². The minimum atomic E-state index is -0.973. The number of phenols is 1. The average molecular weight is 216 g/mol. The molecule has 15 heavy (non-hydrogen) atoms. The standard InChI is InChI=1S/C11H14F2O2/c1-11(2,6-14)5-7-3-8(12)4-9(13)10(7)15/h3-4,14-15H,5-6H2,1-2H3. The van der Waals surface area contributed by atoms with E-state index in [1.165, 1.54) is 0 Å². The molecule has 0 amide bonds. The summed E-state index contributed by atoms with van der Waals surface area (Å²) in [7, 11) is 0. The van der Waals surface area contributed by atoms with Crippen LogP contribution in [0.25, 0.3) is 0 Å². The van der Waals surface area contributed by atoms with E-state index in [0.717, 1.165) is 6.07 Å². The molecule has 2 N–H and O–H groups in total. The van der Waals surface area contributed by atoms with E-state index in [1.54, 1.807) is 13.8 Å². The van der Waals surface area contributed by atoms with Crippen molar-refractivity contribution in [2.45, 2.75) is 20.3 Å². The van der Waals surface area contributed by atoms with Crippen LogP contribution in [-0.2, 0) is 6.42 Å². The maximum Gasteiger partial charge on any atom is 0.168 e. The van der Waals surface area contributed by atoms with Crippen LogP contribution in [0.15, 0.2) is 12.1 Å². The predicted octanol–water partition coefficient (Wildman–Crippen LogP) is 2.23. The van der Waals surface area contributed by atoms with Crippen molar-refractivity contribution in [1.82, 2.24) is 0 Å². The van der Waals surface area contributed by atoms with Crippen molar-refractivity contribution < 1.29 is 19.0 Å². The van der Waals surface area contributed by atoms with Crippen molar-refractivity contribution in [3.8, 4) is 5.75 Å². The summed E-state index contributed by atoms with van der Waals surface area (Å²) in [5.74, 6) is -2.24. The molecule has 1 rings (SSSR count). The number of phenolic OH excluding ortho intramolecular Hbond substituents is 1. The van der Waals surface area contributed by atoms with Gasteiger partial charge in [-0.1, -0.05) is 13.8 Å². The number of hydrogen-bond donors (Lipinski definition) is 2. The Morgan fingerprint density at radius 3 is 2.40 bits per heavy atom. The van der Waals surface area contributed by atoms with Gasteiger partial charge in [-0.3, -0.25) is 0 Å². The van der Waals surface area contributed by atoms with Crippen molar-refractivity contribution in [2.24, 2.45) is 5.41 Å². The minimum Gasteiger partial charge on any atom is -0.505 e. The molecular formula is C11H14F2O2. The van der Waals surface area contributed by atoms with Crippen LogP contribution in [-0.4, -0.2) is 16.8 Å². The van der Waals surface area contributed by atoms with Crippen molar-refractivity contribution in [1.29, 1.82) is 0 Å². The van der Waals surface area contributed by atoms with Gasteiger partial charge in [0.15, 0.2) is 11.6 Å². The zero-order chi connectivity index (χ0) is 11.6. The van der Waals surface area contributed by atoms with Gasteiger partial charge >= 0.3 is 0 Å². The van der Waals surface area contributed by atoms with E-state index in [1.807, 2.05) is 0 Å². The van der Waals surface area contributed by atoms with Gasteiger partial charge in [-0.2, -0.15) is 0 Å². The lowest BCUT2D eigenvalue weighted by atomic mass is 9.86. The summed E-state index contributed by atoms with van der Waals surface area (Å²) in [4.78, 5) is 0. The molecule has 0 heterocycles. The summed E-state index contributed by atoms with van der Waals surface area (Å²) in [5.41, 5.74) is -0.343. The fourth-order valence-electron chi connectivity index (χ4n) is 1.33. The van der Waals surface area contributed by atoms with Crippen LogP contribution in [0.3, 0.4) is 0 Å². The van der Waals surface area contributed by atoms with Gasteiger partial charge in [0.1, 0.15) is 5.82 Å². The van der Waals surface area contributed by atoms with Crippen LogP contribution >= 0.6 is 0 Å². The van der Waals surface area contributed by atoms with Crippen LogP contribution in [0.5, 0.6) is 5.75 Å². The molecule has 4 heteroatoms. The molecule has 0 saturated heterocycles. The molecule has 0 aliphatic carbocycles. The molecule has 0 atom stereocenters. The molecule has 0 unspecified atom stereocenters. The fourth-order valence-corrected chi connectivity index (χ4v) is 1.33. The molecule has 84 valence electrons. The highest BCUT2D eigenvalue weighted by atomic mass is 19.1. The second-order valence-electron chi connectivity index (χ2n) is 4.39. The van der Waals surface area contributed by atoms with Crippen molar-refractivity contribution in [2.75, 3.05) is 6.61 Å². The number of hydrogen-bond acceptors (Lipinski definition) is 2. The largest absolute Gasteiger partial charge is 0.505 e. The Kier molecular flexibility index (Phi) is 3.29. The Bertz CT molecular complexity index is 362. The minimum absolute atomic E-state index is 0.120. The first-order valence-electron chi connectivity index (χ1n) is 4.63. The van der Waals surface area contributed by atoms with Gasteiger partial charge in [0, 0.05) is 18.2 Å². The van der Waals surface area contributed by atoms with E-state index >= 15 is 0 Å². The number of aliphatic hydroxyl groups excluding tert-OH is 1. The topological polar surface area (TPSA) is 40.5 Å².